The highest BCUT2D eigenvalue weighted by molar-refractivity contribution is 7.83. The number of ether oxygens (including phenoxy) is 1. The Morgan fingerprint density at radius 3 is 2.57 bits per heavy atom. The highest BCUT2D eigenvalue weighted by Gasteiger charge is 2.23. The van der Waals surface area contributed by atoms with Gasteiger partial charge in [0.1, 0.15) is 23.1 Å². The van der Waals surface area contributed by atoms with Crippen molar-refractivity contribution >= 4 is 50.9 Å². The molecule has 206 valence electrons. The fraction of sp³-hybridized carbons (Fsp3) is 0.577. The van der Waals surface area contributed by atoms with Crippen molar-refractivity contribution in [1.29, 1.82) is 0 Å². The van der Waals surface area contributed by atoms with Crippen molar-refractivity contribution in [3.8, 4) is 10.4 Å². The van der Waals surface area contributed by atoms with Gasteiger partial charge in [-0.25, -0.2) is 13.9 Å². The molecule has 1 heterocycles. The molecule has 11 heteroatoms. The van der Waals surface area contributed by atoms with Gasteiger partial charge in [-0.1, -0.05) is 63.1 Å². The number of aryl methyl sites for hydroxylation is 1. The lowest BCUT2D eigenvalue weighted by Gasteiger charge is -2.23. The summed E-state index contributed by atoms with van der Waals surface area (Å²) in [7, 11) is -1.56. The van der Waals surface area contributed by atoms with Gasteiger partial charge in [-0.05, 0) is 49.8 Å². The van der Waals surface area contributed by atoms with Crippen molar-refractivity contribution < 1.29 is 18.5 Å². The van der Waals surface area contributed by atoms with Crippen LogP contribution in [0, 0.1) is 12.8 Å². The summed E-state index contributed by atoms with van der Waals surface area (Å²) in [6.07, 6.45) is 3.21. The topological polar surface area (TPSA) is 109 Å². The molecule has 0 saturated heterocycles. The average Bonchev–Trinajstić information content (AvgIpc) is 3.19. The highest BCUT2D eigenvalue weighted by atomic mass is 35.5. The Labute approximate surface area is 231 Å². The van der Waals surface area contributed by atoms with Crippen LogP contribution in [-0.2, 0) is 25.3 Å². The van der Waals surface area contributed by atoms with E-state index in [1.165, 1.54) is 18.3 Å². The van der Waals surface area contributed by atoms with Crippen LogP contribution in [0.2, 0.25) is 5.02 Å². The third-order valence-electron chi connectivity index (χ3n) is 5.56. The molecular formula is C26H39ClN4O4S2. The van der Waals surface area contributed by atoms with E-state index in [1.807, 2.05) is 19.9 Å². The van der Waals surface area contributed by atoms with Gasteiger partial charge in [0, 0.05) is 20.0 Å². The monoisotopic (exact) mass is 570 g/mol. The smallest absolute Gasteiger partial charge is 0.323 e. The van der Waals surface area contributed by atoms with E-state index in [2.05, 4.69) is 41.1 Å². The summed E-state index contributed by atoms with van der Waals surface area (Å²) >= 11 is 7.71. The first-order valence-corrected chi connectivity index (χ1v) is 15.0. The number of amides is 1. The SMILES string of the molecule is CCCC(CC)OC(=O)[C@H](CC(C)C)NCCNS(=O)c1cc(-c2sc(NC(C)=O)nc2C)ccc1Cl. The van der Waals surface area contributed by atoms with Crippen LogP contribution in [0.3, 0.4) is 0 Å². The Hall–Kier alpha value is -1.85. The summed E-state index contributed by atoms with van der Waals surface area (Å²) in [5, 5.41) is 6.85. The highest BCUT2D eigenvalue weighted by Crippen LogP contribution is 2.35. The summed E-state index contributed by atoms with van der Waals surface area (Å²) in [5.74, 6) is -0.100. The van der Waals surface area contributed by atoms with Gasteiger partial charge in [-0.15, -0.1) is 0 Å². The van der Waals surface area contributed by atoms with Crippen LogP contribution in [-0.4, -0.2) is 46.3 Å². The molecule has 0 spiro atoms. The molecule has 1 aromatic carbocycles. The number of hydrogen-bond donors (Lipinski definition) is 3. The van der Waals surface area contributed by atoms with Gasteiger partial charge in [0.25, 0.3) is 0 Å². The van der Waals surface area contributed by atoms with E-state index < -0.39 is 17.0 Å². The molecule has 0 aliphatic carbocycles. The Bertz CT molecular complexity index is 1080. The normalized spacial score (nSPS) is 13.8. The molecule has 1 amide bonds. The molecule has 0 saturated carbocycles. The summed E-state index contributed by atoms with van der Waals surface area (Å²) in [6, 6.07) is 4.90. The molecule has 3 atom stereocenters. The third-order valence-corrected chi connectivity index (χ3v) is 8.33. The lowest BCUT2D eigenvalue weighted by atomic mass is 10.0. The summed E-state index contributed by atoms with van der Waals surface area (Å²) < 4.78 is 21.7. The minimum absolute atomic E-state index is 0.0643. The molecular weight excluding hydrogens is 532 g/mol. The van der Waals surface area contributed by atoms with Gasteiger partial charge >= 0.3 is 5.97 Å². The summed E-state index contributed by atoms with van der Waals surface area (Å²) in [5.41, 5.74) is 1.58. The largest absolute Gasteiger partial charge is 0.461 e. The van der Waals surface area contributed by atoms with Gasteiger partial charge in [0.15, 0.2) is 5.13 Å². The van der Waals surface area contributed by atoms with E-state index in [9.17, 15) is 13.8 Å². The Kier molecular flexibility index (Phi) is 13.2. The maximum atomic E-state index is 13.0. The van der Waals surface area contributed by atoms with Crippen molar-refractivity contribution in [2.24, 2.45) is 5.92 Å². The quantitative estimate of drug-likeness (QED) is 0.193. The average molecular weight is 571 g/mol. The zero-order valence-corrected chi connectivity index (χ0v) is 24.9. The first-order valence-electron chi connectivity index (χ1n) is 12.7. The minimum atomic E-state index is -1.56. The van der Waals surface area contributed by atoms with E-state index in [0.29, 0.717) is 40.5 Å². The Balaban J connectivity index is 2.01. The van der Waals surface area contributed by atoms with E-state index in [1.54, 1.807) is 12.1 Å². The fourth-order valence-electron chi connectivity index (χ4n) is 3.77. The lowest BCUT2D eigenvalue weighted by Crippen LogP contribution is -2.43. The van der Waals surface area contributed by atoms with Gasteiger partial charge in [0.2, 0.25) is 5.91 Å². The second-order valence-electron chi connectivity index (χ2n) is 9.32. The van der Waals surface area contributed by atoms with Crippen LogP contribution >= 0.6 is 22.9 Å². The van der Waals surface area contributed by atoms with Crippen LogP contribution < -0.4 is 15.4 Å². The predicted molar refractivity (Wildman–Crippen MR) is 152 cm³/mol. The van der Waals surface area contributed by atoms with E-state index >= 15 is 0 Å². The van der Waals surface area contributed by atoms with E-state index in [4.69, 9.17) is 16.3 Å². The van der Waals surface area contributed by atoms with Gasteiger partial charge in [-0.3, -0.25) is 9.59 Å². The molecule has 3 N–H and O–H groups in total. The minimum Gasteiger partial charge on any atom is -0.461 e. The molecule has 0 fully saturated rings. The lowest BCUT2D eigenvalue weighted by molar-refractivity contribution is -0.152. The molecule has 1 aromatic heterocycles. The molecule has 0 aliphatic rings. The van der Waals surface area contributed by atoms with Crippen molar-refractivity contribution in [3.63, 3.8) is 0 Å². The Morgan fingerprint density at radius 2 is 1.95 bits per heavy atom. The van der Waals surface area contributed by atoms with Crippen molar-refractivity contribution in [2.75, 3.05) is 18.4 Å². The zero-order chi connectivity index (χ0) is 27.5. The van der Waals surface area contributed by atoms with Gasteiger partial charge < -0.3 is 15.4 Å². The zero-order valence-electron chi connectivity index (χ0n) is 22.5. The number of nitrogens with one attached hydrogen (secondary N) is 3. The fourth-order valence-corrected chi connectivity index (χ4v) is 6.03. The van der Waals surface area contributed by atoms with Crippen molar-refractivity contribution in [2.45, 2.75) is 84.3 Å². The number of thiazole rings is 1. The number of esters is 1. The summed E-state index contributed by atoms with van der Waals surface area (Å²) in [4.78, 5) is 29.8. The number of rotatable bonds is 15. The number of benzene rings is 1. The maximum Gasteiger partial charge on any atom is 0.323 e. The second-order valence-corrected chi connectivity index (χ2v) is 12.0. The standard InChI is InChI=1S/C26H39ClN4O4S2/c1-7-9-20(8-2)35-25(33)22(14-16(3)4)28-12-13-29-37(34)23-15-19(10-11-21(23)27)24-17(5)30-26(36-24)31-18(6)32/h10-11,15-16,20,22,28-29H,7-9,12-14H2,1-6H3,(H,30,31,32)/t20?,22-,37?/m0/s1. The molecule has 0 bridgehead atoms. The van der Waals surface area contributed by atoms with Gasteiger partial charge in [0.05, 0.1) is 20.5 Å². The van der Waals surface area contributed by atoms with Crippen LogP contribution in [0.4, 0.5) is 5.13 Å². The number of carbonyl (C=O) groups excluding carboxylic acids is 2. The molecule has 8 nitrogen and oxygen atoms in total. The second kappa shape index (κ2) is 15.5. The van der Waals surface area contributed by atoms with Crippen LogP contribution in [0.25, 0.3) is 10.4 Å². The van der Waals surface area contributed by atoms with E-state index in [-0.39, 0.29) is 18.0 Å². The molecule has 2 aromatic rings. The summed E-state index contributed by atoms with van der Waals surface area (Å²) in [6.45, 7) is 12.3. The number of carbonyl (C=O) groups is 2. The number of hydrogen-bond acceptors (Lipinski definition) is 7. The number of anilines is 1. The molecule has 0 aliphatic heterocycles. The van der Waals surface area contributed by atoms with E-state index in [0.717, 1.165) is 35.4 Å². The van der Waals surface area contributed by atoms with Crippen molar-refractivity contribution in [3.05, 3.63) is 28.9 Å². The first kappa shape index (κ1) is 31.4. The molecule has 0 radical (unpaired) electrons. The van der Waals surface area contributed by atoms with Crippen LogP contribution in [0.15, 0.2) is 23.1 Å². The predicted octanol–water partition coefficient (Wildman–Crippen LogP) is 5.47. The number of aromatic nitrogens is 1. The van der Waals surface area contributed by atoms with Crippen LogP contribution in [0.5, 0.6) is 0 Å². The molecule has 2 rings (SSSR count). The van der Waals surface area contributed by atoms with Crippen molar-refractivity contribution in [1.82, 2.24) is 15.0 Å². The van der Waals surface area contributed by atoms with Crippen LogP contribution in [0.1, 0.15) is 66.0 Å². The number of halogens is 1. The van der Waals surface area contributed by atoms with Gasteiger partial charge in [-0.2, -0.15) is 0 Å². The maximum absolute atomic E-state index is 13.0. The Morgan fingerprint density at radius 1 is 1.22 bits per heavy atom. The third kappa shape index (κ3) is 10.1. The number of nitrogens with zero attached hydrogens (tertiary/aromatic N) is 1. The first-order chi connectivity index (χ1) is 17.5. The molecule has 2 unspecified atom stereocenters. The molecule has 37 heavy (non-hydrogen) atoms.